The predicted octanol–water partition coefficient (Wildman–Crippen LogP) is 11.7. The van der Waals surface area contributed by atoms with Crippen LogP contribution in [0.15, 0.2) is 91.0 Å². The summed E-state index contributed by atoms with van der Waals surface area (Å²) in [5.41, 5.74) is 22.0. The van der Waals surface area contributed by atoms with Crippen molar-refractivity contribution in [1.82, 2.24) is 0 Å². The second kappa shape index (κ2) is 10.6. The number of anilines is 7. The zero-order chi connectivity index (χ0) is 39.2. The highest BCUT2D eigenvalue weighted by atomic mass is 15.3. The predicted molar refractivity (Wildman–Crippen MR) is 242 cm³/mol. The van der Waals surface area contributed by atoms with Gasteiger partial charge in [0.2, 0.25) is 0 Å². The van der Waals surface area contributed by atoms with Crippen LogP contribution in [-0.4, -0.2) is 17.8 Å². The molecule has 2 fully saturated rings. The van der Waals surface area contributed by atoms with E-state index in [1.54, 1.807) is 16.7 Å². The first-order valence-corrected chi connectivity index (χ1v) is 22.3. The van der Waals surface area contributed by atoms with Gasteiger partial charge in [0.1, 0.15) is 0 Å². The lowest BCUT2D eigenvalue weighted by Crippen LogP contribution is -2.66. The van der Waals surface area contributed by atoms with Crippen LogP contribution in [0.2, 0.25) is 0 Å². The third-order valence-electron chi connectivity index (χ3n) is 17.6. The molecule has 0 radical (unpaired) electrons. The van der Waals surface area contributed by atoms with Crippen molar-refractivity contribution < 1.29 is 0 Å². The summed E-state index contributed by atoms with van der Waals surface area (Å²) < 4.78 is 0. The van der Waals surface area contributed by atoms with E-state index < -0.39 is 0 Å². The Morgan fingerprint density at radius 1 is 0.526 bits per heavy atom. The maximum Gasteiger partial charge on any atom is 0.252 e. The van der Waals surface area contributed by atoms with Crippen molar-refractivity contribution in [3.63, 3.8) is 0 Å². The second-order valence-corrected chi connectivity index (χ2v) is 21.5. The summed E-state index contributed by atoms with van der Waals surface area (Å²) >= 11 is 0. The molecule has 5 aromatic rings. The Balaban J connectivity index is 1.24. The Kier molecular flexibility index (Phi) is 6.43. The molecule has 7 aliphatic rings. The maximum absolute atomic E-state index is 2.96. The molecular weight excluding hydrogens is 689 g/mol. The van der Waals surface area contributed by atoms with Crippen molar-refractivity contribution in [2.75, 3.05) is 14.7 Å². The molecule has 3 nitrogen and oxygen atoms in total. The monoisotopic (exact) mass is 747 g/mol. The van der Waals surface area contributed by atoms with Gasteiger partial charge in [0.05, 0.1) is 28.1 Å². The lowest BCUT2D eigenvalue weighted by Gasteiger charge is -2.55. The second-order valence-electron chi connectivity index (χ2n) is 21.5. The van der Waals surface area contributed by atoms with Crippen LogP contribution < -0.4 is 31.1 Å². The third-order valence-corrected chi connectivity index (χ3v) is 17.6. The first-order valence-electron chi connectivity index (χ1n) is 22.3. The minimum absolute atomic E-state index is 0.0173. The van der Waals surface area contributed by atoms with Gasteiger partial charge in [-0.3, -0.25) is 0 Å². The fourth-order valence-electron chi connectivity index (χ4n) is 14.4. The van der Waals surface area contributed by atoms with Crippen LogP contribution in [0.4, 0.5) is 39.8 Å². The Morgan fingerprint density at radius 3 is 1.68 bits per heavy atom. The molecule has 5 aromatic carbocycles. The topological polar surface area (TPSA) is 9.72 Å². The fraction of sp³-hybridized carbons (Fsp3) is 0.434. The van der Waals surface area contributed by atoms with Gasteiger partial charge in [-0.05, 0) is 113 Å². The van der Waals surface area contributed by atoms with E-state index in [0.29, 0.717) is 0 Å². The van der Waals surface area contributed by atoms with E-state index in [-0.39, 0.29) is 39.5 Å². The third kappa shape index (κ3) is 3.80. The number of nitrogens with zero attached hydrogens (tertiary/aromatic N) is 3. The normalized spacial score (nSPS) is 29.2. The maximum atomic E-state index is 2.96. The molecule has 2 aliphatic carbocycles. The Labute approximate surface area is 341 Å². The van der Waals surface area contributed by atoms with Crippen molar-refractivity contribution in [3.05, 3.63) is 119 Å². The Bertz CT molecular complexity index is 2560. The summed E-state index contributed by atoms with van der Waals surface area (Å²) in [6.07, 6.45) is 10.0. The summed E-state index contributed by atoms with van der Waals surface area (Å²) in [7, 11) is 0. The molecule has 0 spiro atoms. The van der Waals surface area contributed by atoms with Crippen LogP contribution in [0.1, 0.15) is 141 Å². The molecular formula is C53H58BN3. The molecule has 0 bridgehead atoms. The average molecular weight is 748 g/mol. The summed E-state index contributed by atoms with van der Waals surface area (Å²) in [6, 6.07) is 36.4. The molecule has 4 unspecified atom stereocenters. The van der Waals surface area contributed by atoms with Crippen molar-refractivity contribution in [2.24, 2.45) is 0 Å². The molecule has 5 aliphatic heterocycles. The Morgan fingerprint density at radius 2 is 1.05 bits per heavy atom. The van der Waals surface area contributed by atoms with Crippen LogP contribution in [-0.2, 0) is 21.7 Å². The number of hydrogen-bond donors (Lipinski definition) is 0. The lowest BCUT2D eigenvalue weighted by molar-refractivity contribution is 0.193. The minimum Gasteiger partial charge on any atom is -0.335 e. The molecule has 12 rings (SSSR count). The van der Waals surface area contributed by atoms with Gasteiger partial charge in [-0.15, -0.1) is 0 Å². The van der Waals surface area contributed by atoms with E-state index in [1.165, 1.54) is 119 Å². The zero-order valence-electron chi connectivity index (χ0n) is 35.7. The van der Waals surface area contributed by atoms with E-state index in [4.69, 9.17) is 0 Å². The highest BCUT2D eigenvalue weighted by Crippen LogP contribution is 2.66. The van der Waals surface area contributed by atoms with Crippen molar-refractivity contribution in [2.45, 2.75) is 146 Å². The first kappa shape index (κ1) is 34.6. The quantitative estimate of drug-likeness (QED) is 0.158. The summed E-state index contributed by atoms with van der Waals surface area (Å²) in [4.78, 5) is 8.53. The van der Waals surface area contributed by atoms with Crippen LogP contribution in [0.5, 0.6) is 0 Å². The van der Waals surface area contributed by atoms with E-state index in [9.17, 15) is 0 Å². The Hall–Kier alpha value is -4.44. The van der Waals surface area contributed by atoms with Crippen LogP contribution in [0.3, 0.4) is 0 Å². The molecule has 0 N–H and O–H groups in total. The molecule has 0 saturated heterocycles. The van der Waals surface area contributed by atoms with E-state index in [1.807, 2.05) is 0 Å². The van der Waals surface area contributed by atoms with Gasteiger partial charge in [0.15, 0.2) is 0 Å². The minimum atomic E-state index is -0.110. The number of rotatable bonds is 1. The first-order chi connectivity index (χ1) is 27.2. The number of fused-ring (bicyclic) bond motifs is 12. The van der Waals surface area contributed by atoms with Gasteiger partial charge < -0.3 is 14.7 Å². The number of hydrogen-bond acceptors (Lipinski definition) is 3. The highest BCUT2D eigenvalue weighted by Gasteiger charge is 2.65. The van der Waals surface area contributed by atoms with Crippen molar-refractivity contribution >= 4 is 62.9 Å². The molecule has 2 saturated carbocycles. The van der Waals surface area contributed by atoms with Crippen molar-refractivity contribution in [1.29, 1.82) is 0 Å². The average Bonchev–Trinajstić information content (AvgIpc) is 3.54. The van der Waals surface area contributed by atoms with Gasteiger partial charge in [-0.25, -0.2) is 0 Å². The molecule has 5 heterocycles. The van der Waals surface area contributed by atoms with Gasteiger partial charge >= 0.3 is 0 Å². The summed E-state index contributed by atoms with van der Waals surface area (Å²) in [6.45, 7) is 22.9. The van der Waals surface area contributed by atoms with Gasteiger partial charge in [-0.1, -0.05) is 141 Å². The van der Waals surface area contributed by atoms with Gasteiger partial charge in [-0.2, -0.15) is 0 Å². The van der Waals surface area contributed by atoms with Crippen LogP contribution >= 0.6 is 0 Å². The smallest absolute Gasteiger partial charge is 0.252 e. The standard InChI is InChI=1S/C53H58BN3/c1-48(2,3)36-25-26-39-47-44(36)51(7)28-15-17-30-53(51,9)57(47)43-32-33(55-40-23-12-10-19-34(40)49(4,5)35-20-11-13-24-41(35)55)31-42-45(43)54(39)38-22-18-21-37-46(38)56(42)52(8)29-16-14-27-50(37,52)6/h10-13,18-26,31-32H,14-17,27-30H2,1-9H3. The van der Waals surface area contributed by atoms with E-state index in [2.05, 4.69) is 168 Å². The van der Waals surface area contributed by atoms with Crippen LogP contribution in [0, 0.1) is 0 Å². The fourth-order valence-corrected chi connectivity index (χ4v) is 14.4. The number of benzene rings is 5. The SMILES string of the molecule is CC(C)(C)c1ccc2c3c1C1(C)CCCCC1(C)N3c1cc(N3c4ccccc4C(C)(C)c4ccccc43)cc3c1B2c1cccc2c1N3C1(C)CCCCC21C. The zero-order valence-corrected chi connectivity index (χ0v) is 35.7. The summed E-state index contributed by atoms with van der Waals surface area (Å²) in [5, 5.41) is 0. The van der Waals surface area contributed by atoms with Gasteiger partial charge in [0, 0.05) is 39.0 Å². The molecule has 4 atom stereocenters. The highest BCUT2D eigenvalue weighted by molar-refractivity contribution is 7.00. The van der Waals surface area contributed by atoms with Crippen molar-refractivity contribution in [3.8, 4) is 0 Å². The van der Waals surface area contributed by atoms with E-state index in [0.717, 1.165) is 0 Å². The van der Waals surface area contributed by atoms with Gasteiger partial charge in [0.25, 0.3) is 6.71 Å². The van der Waals surface area contributed by atoms with E-state index >= 15 is 0 Å². The number of para-hydroxylation sites is 3. The molecule has 57 heavy (non-hydrogen) atoms. The molecule has 0 amide bonds. The summed E-state index contributed by atoms with van der Waals surface area (Å²) in [5.74, 6) is 0. The van der Waals surface area contributed by atoms with Crippen LogP contribution in [0.25, 0.3) is 0 Å². The molecule has 288 valence electrons. The largest absolute Gasteiger partial charge is 0.335 e. The molecule has 4 heteroatoms. The molecule has 0 aromatic heterocycles. The lowest BCUT2D eigenvalue weighted by atomic mass is 9.33.